The Hall–Kier alpha value is -1.26. The molecule has 1 heterocycles. The summed E-state index contributed by atoms with van der Waals surface area (Å²) in [6.07, 6.45) is -1.95. The van der Waals surface area contributed by atoms with Gasteiger partial charge in [-0.3, -0.25) is 0 Å². The molecular formula is C16H26F3IN4O. The number of rotatable bonds is 8. The van der Waals surface area contributed by atoms with E-state index in [1.54, 1.807) is 6.07 Å². The number of pyridine rings is 1. The van der Waals surface area contributed by atoms with Crippen LogP contribution in [0.5, 0.6) is 5.88 Å². The third-order valence-corrected chi connectivity index (χ3v) is 2.96. The van der Waals surface area contributed by atoms with Gasteiger partial charge in [0, 0.05) is 25.4 Å². The molecule has 5 nitrogen and oxygen atoms in total. The average molecular weight is 474 g/mol. The summed E-state index contributed by atoms with van der Waals surface area (Å²) in [5, 5.41) is 6.35. The monoisotopic (exact) mass is 474 g/mol. The molecule has 1 aromatic rings. The first-order valence-electron chi connectivity index (χ1n) is 7.97. The molecule has 0 fully saturated rings. The molecule has 0 aliphatic carbocycles. The first-order valence-corrected chi connectivity index (χ1v) is 7.97. The molecule has 9 heteroatoms. The number of hydrogen-bond donors (Lipinski definition) is 2. The lowest BCUT2D eigenvalue weighted by Crippen LogP contribution is -2.38. The molecule has 144 valence electrons. The lowest BCUT2D eigenvalue weighted by atomic mass is 10.1. The molecule has 0 aliphatic heterocycles. The van der Waals surface area contributed by atoms with Crippen molar-refractivity contribution >= 4 is 29.9 Å². The lowest BCUT2D eigenvalue weighted by Gasteiger charge is -2.12. The highest BCUT2D eigenvalue weighted by Gasteiger charge is 2.28. The van der Waals surface area contributed by atoms with Crippen LogP contribution in [0.3, 0.4) is 0 Å². The zero-order valence-corrected chi connectivity index (χ0v) is 17.0. The van der Waals surface area contributed by atoms with Crippen molar-refractivity contribution in [3.63, 3.8) is 0 Å². The summed E-state index contributed by atoms with van der Waals surface area (Å²) >= 11 is 0. The van der Waals surface area contributed by atoms with E-state index in [0.29, 0.717) is 18.4 Å². The molecule has 0 saturated heterocycles. The largest absolute Gasteiger partial charge is 0.468 e. The Morgan fingerprint density at radius 3 is 2.64 bits per heavy atom. The number of aliphatic imine (C=N–C) groups is 1. The van der Waals surface area contributed by atoms with Gasteiger partial charge in [-0.25, -0.2) is 9.98 Å². The van der Waals surface area contributed by atoms with Crippen LogP contribution < -0.4 is 15.4 Å². The van der Waals surface area contributed by atoms with Gasteiger partial charge in [0.1, 0.15) is 0 Å². The number of nitrogens with zero attached hydrogens (tertiary/aromatic N) is 2. The van der Waals surface area contributed by atoms with Gasteiger partial charge < -0.3 is 15.4 Å². The Bertz CT molecular complexity index is 524. The van der Waals surface area contributed by atoms with Gasteiger partial charge in [0.05, 0.1) is 6.54 Å². The molecule has 1 rings (SSSR count). The van der Waals surface area contributed by atoms with Crippen LogP contribution in [0.2, 0.25) is 0 Å². The summed E-state index contributed by atoms with van der Waals surface area (Å²) in [4.78, 5) is 8.19. The predicted molar refractivity (Wildman–Crippen MR) is 103 cm³/mol. The number of halogens is 4. The third kappa shape index (κ3) is 11.8. The number of aromatic nitrogens is 1. The minimum Gasteiger partial charge on any atom is -0.468 e. The van der Waals surface area contributed by atoms with Crippen molar-refractivity contribution in [3.05, 3.63) is 23.9 Å². The minimum absolute atomic E-state index is 0. The Kier molecular flexibility index (Phi) is 11.5. The molecule has 0 atom stereocenters. The first kappa shape index (κ1) is 23.7. The van der Waals surface area contributed by atoms with Gasteiger partial charge in [-0.2, -0.15) is 13.2 Å². The molecule has 0 aromatic carbocycles. The highest BCUT2D eigenvalue weighted by Crippen LogP contribution is 2.17. The number of guanidine groups is 1. The zero-order valence-electron chi connectivity index (χ0n) is 14.7. The first-order chi connectivity index (χ1) is 11.3. The number of hydrogen-bond acceptors (Lipinski definition) is 3. The maximum absolute atomic E-state index is 12.2. The number of alkyl halides is 3. The molecule has 0 aliphatic rings. The second kappa shape index (κ2) is 12.2. The summed E-state index contributed by atoms with van der Waals surface area (Å²) < 4.78 is 41.1. The third-order valence-electron chi connectivity index (χ3n) is 2.96. The summed E-state index contributed by atoms with van der Waals surface area (Å²) in [7, 11) is 0. The molecule has 0 unspecified atom stereocenters. The van der Waals surface area contributed by atoms with E-state index in [1.807, 2.05) is 6.92 Å². The van der Waals surface area contributed by atoms with Crippen LogP contribution in [0.4, 0.5) is 13.2 Å². The fourth-order valence-electron chi connectivity index (χ4n) is 1.77. The molecule has 0 bridgehead atoms. The maximum Gasteiger partial charge on any atom is 0.422 e. The molecule has 1 aromatic heterocycles. The van der Waals surface area contributed by atoms with Crippen LogP contribution in [0, 0.1) is 5.92 Å². The molecule has 0 amide bonds. The van der Waals surface area contributed by atoms with Crippen molar-refractivity contribution in [1.29, 1.82) is 0 Å². The van der Waals surface area contributed by atoms with E-state index in [0.717, 1.165) is 25.1 Å². The quantitative estimate of drug-likeness (QED) is 0.343. The van der Waals surface area contributed by atoms with Crippen molar-refractivity contribution in [2.45, 2.75) is 39.9 Å². The van der Waals surface area contributed by atoms with E-state index in [1.165, 1.54) is 12.3 Å². The van der Waals surface area contributed by atoms with E-state index in [2.05, 4.69) is 39.2 Å². The minimum atomic E-state index is -4.38. The fourth-order valence-corrected chi connectivity index (χ4v) is 1.77. The second-order valence-corrected chi connectivity index (χ2v) is 5.71. The smallest absolute Gasteiger partial charge is 0.422 e. The fraction of sp³-hybridized carbons (Fsp3) is 0.625. The van der Waals surface area contributed by atoms with E-state index in [4.69, 9.17) is 0 Å². The van der Waals surface area contributed by atoms with Gasteiger partial charge in [-0.05, 0) is 30.9 Å². The SMILES string of the molecule is CCNC(=NCc1ccnc(OCC(F)(F)F)c1)NCCC(C)C.I. The van der Waals surface area contributed by atoms with Gasteiger partial charge in [0.25, 0.3) is 0 Å². The van der Waals surface area contributed by atoms with Crippen molar-refractivity contribution in [3.8, 4) is 5.88 Å². The predicted octanol–water partition coefficient (Wildman–Crippen LogP) is 3.74. The van der Waals surface area contributed by atoms with Crippen LogP contribution in [0.15, 0.2) is 23.3 Å². The topological polar surface area (TPSA) is 58.5 Å². The van der Waals surface area contributed by atoms with Crippen LogP contribution in [0.25, 0.3) is 0 Å². The van der Waals surface area contributed by atoms with E-state index in [-0.39, 0.29) is 29.9 Å². The van der Waals surface area contributed by atoms with E-state index in [9.17, 15) is 13.2 Å². The zero-order chi connectivity index (χ0) is 18.0. The van der Waals surface area contributed by atoms with Crippen LogP contribution in [-0.4, -0.2) is 36.8 Å². The normalized spacial score (nSPS) is 11.9. The standard InChI is InChI=1S/C16H25F3N4O.HI/c1-4-20-15(22-7-5-12(2)3)23-10-13-6-8-21-14(9-13)24-11-16(17,18)19;/h6,8-9,12H,4-5,7,10-11H2,1-3H3,(H2,20,22,23);1H. The summed E-state index contributed by atoms with van der Waals surface area (Å²) in [6, 6.07) is 3.16. The highest BCUT2D eigenvalue weighted by atomic mass is 127. The lowest BCUT2D eigenvalue weighted by molar-refractivity contribution is -0.154. The summed E-state index contributed by atoms with van der Waals surface area (Å²) in [5.74, 6) is 1.21. The Morgan fingerprint density at radius 1 is 1.32 bits per heavy atom. The molecule has 25 heavy (non-hydrogen) atoms. The van der Waals surface area contributed by atoms with Crippen LogP contribution in [-0.2, 0) is 6.54 Å². The molecule has 0 spiro atoms. The Balaban J connectivity index is 0.00000576. The van der Waals surface area contributed by atoms with Gasteiger partial charge in [0.15, 0.2) is 12.6 Å². The van der Waals surface area contributed by atoms with Gasteiger partial charge in [-0.1, -0.05) is 13.8 Å². The van der Waals surface area contributed by atoms with Crippen molar-refractivity contribution < 1.29 is 17.9 Å². The second-order valence-electron chi connectivity index (χ2n) is 5.71. The Morgan fingerprint density at radius 2 is 2.04 bits per heavy atom. The summed E-state index contributed by atoms with van der Waals surface area (Å²) in [6.45, 7) is 6.75. The summed E-state index contributed by atoms with van der Waals surface area (Å²) in [5.41, 5.74) is 0.725. The van der Waals surface area contributed by atoms with E-state index < -0.39 is 12.8 Å². The highest BCUT2D eigenvalue weighted by molar-refractivity contribution is 14.0. The van der Waals surface area contributed by atoms with Crippen molar-refractivity contribution in [1.82, 2.24) is 15.6 Å². The maximum atomic E-state index is 12.2. The average Bonchev–Trinajstić information content (AvgIpc) is 2.50. The van der Waals surface area contributed by atoms with Crippen LogP contribution >= 0.6 is 24.0 Å². The van der Waals surface area contributed by atoms with Gasteiger partial charge in [0.2, 0.25) is 5.88 Å². The number of ether oxygens (including phenoxy) is 1. The molecule has 0 radical (unpaired) electrons. The van der Waals surface area contributed by atoms with Crippen molar-refractivity contribution in [2.75, 3.05) is 19.7 Å². The molecule has 0 saturated carbocycles. The molecular weight excluding hydrogens is 448 g/mol. The van der Waals surface area contributed by atoms with Gasteiger partial charge >= 0.3 is 6.18 Å². The molecule has 2 N–H and O–H groups in total. The van der Waals surface area contributed by atoms with Crippen LogP contribution in [0.1, 0.15) is 32.8 Å². The Labute approximate surface area is 163 Å². The van der Waals surface area contributed by atoms with Gasteiger partial charge in [-0.15, -0.1) is 24.0 Å². The van der Waals surface area contributed by atoms with E-state index >= 15 is 0 Å². The number of nitrogens with one attached hydrogen (secondary N) is 2. The van der Waals surface area contributed by atoms with Crippen molar-refractivity contribution in [2.24, 2.45) is 10.9 Å².